The van der Waals surface area contributed by atoms with Gasteiger partial charge >= 0.3 is 10.2 Å². The highest BCUT2D eigenvalue weighted by atomic mass is 32.2. The summed E-state index contributed by atoms with van der Waals surface area (Å²) in [6.07, 6.45) is 2.72. The summed E-state index contributed by atoms with van der Waals surface area (Å²) in [5.74, 6) is 4.22. The summed E-state index contributed by atoms with van der Waals surface area (Å²) in [5, 5.41) is 8.63. The molecule has 0 aliphatic carbocycles. The van der Waals surface area contributed by atoms with Crippen molar-refractivity contribution in [2.45, 2.75) is 19.3 Å². The zero-order valence-electron chi connectivity index (χ0n) is 11.5. The van der Waals surface area contributed by atoms with Crippen LogP contribution in [0.5, 0.6) is 0 Å². The van der Waals surface area contributed by atoms with Crippen LogP contribution in [0.2, 0.25) is 0 Å². The number of hydrogen-bond acceptors (Lipinski definition) is 3. The Hall–Kier alpha value is -1.62. The molecule has 1 fully saturated rings. The largest absolute Gasteiger partial charge is 0.384 e. The highest BCUT2D eigenvalue weighted by Crippen LogP contribution is 2.19. The van der Waals surface area contributed by atoms with Gasteiger partial charge in [-0.1, -0.05) is 18.3 Å². The molecule has 1 aromatic rings. The van der Waals surface area contributed by atoms with E-state index in [1.54, 1.807) is 0 Å². The highest BCUT2D eigenvalue weighted by Gasteiger charge is 2.23. The molecule has 0 atom stereocenters. The van der Waals surface area contributed by atoms with Gasteiger partial charge in [0.25, 0.3) is 0 Å². The first kappa shape index (κ1) is 15.8. The van der Waals surface area contributed by atoms with Gasteiger partial charge in [-0.2, -0.15) is 12.7 Å². The molecule has 1 aliphatic rings. The maximum Gasteiger partial charge on any atom is 0.301 e. The van der Waals surface area contributed by atoms with Gasteiger partial charge in [0.15, 0.2) is 0 Å². The lowest BCUT2D eigenvalue weighted by Crippen LogP contribution is -2.39. The van der Waals surface area contributed by atoms with E-state index in [-0.39, 0.29) is 17.9 Å². The summed E-state index contributed by atoms with van der Waals surface area (Å²) < 4.78 is 41.8. The monoisotopic (exact) mass is 312 g/mol. The van der Waals surface area contributed by atoms with Crippen LogP contribution in [0.3, 0.4) is 0 Å². The maximum absolute atomic E-state index is 13.5. The second kappa shape index (κ2) is 6.89. The average Bonchev–Trinajstić information content (AvgIpc) is 2.48. The van der Waals surface area contributed by atoms with Crippen LogP contribution in [0, 0.1) is 17.7 Å². The van der Waals surface area contributed by atoms with Crippen molar-refractivity contribution in [2.75, 3.05) is 24.4 Å². The zero-order chi connectivity index (χ0) is 15.3. The Balaban J connectivity index is 2.18. The van der Waals surface area contributed by atoms with Crippen LogP contribution in [-0.2, 0) is 10.2 Å². The predicted octanol–water partition coefficient (Wildman–Crippen LogP) is 1.31. The summed E-state index contributed by atoms with van der Waals surface area (Å²) in [4.78, 5) is 0. The van der Waals surface area contributed by atoms with E-state index in [1.165, 1.54) is 16.4 Å². The molecule has 0 bridgehead atoms. The Morgan fingerprint density at radius 1 is 1.29 bits per heavy atom. The number of anilines is 1. The topological polar surface area (TPSA) is 69.6 Å². The van der Waals surface area contributed by atoms with Crippen LogP contribution in [0.25, 0.3) is 0 Å². The minimum Gasteiger partial charge on any atom is -0.384 e. The minimum absolute atomic E-state index is 0.0443. The van der Waals surface area contributed by atoms with Crippen LogP contribution in [0.4, 0.5) is 10.1 Å². The number of aliphatic hydroxyl groups excluding tert-OH is 1. The molecule has 0 unspecified atom stereocenters. The lowest BCUT2D eigenvalue weighted by molar-refractivity contribution is 0.349. The lowest BCUT2D eigenvalue weighted by Gasteiger charge is -2.26. The van der Waals surface area contributed by atoms with E-state index in [1.807, 2.05) is 0 Å². The van der Waals surface area contributed by atoms with E-state index < -0.39 is 16.0 Å². The maximum atomic E-state index is 13.5. The third-order valence-corrected chi connectivity index (χ3v) is 4.71. The molecule has 2 rings (SSSR count). The first-order valence-electron chi connectivity index (χ1n) is 6.70. The first-order valence-corrected chi connectivity index (χ1v) is 8.14. The van der Waals surface area contributed by atoms with Crippen LogP contribution >= 0.6 is 0 Å². The van der Waals surface area contributed by atoms with Crippen LogP contribution < -0.4 is 4.72 Å². The van der Waals surface area contributed by atoms with Crippen molar-refractivity contribution < 1.29 is 17.9 Å². The molecule has 2 N–H and O–H groups in total. The predicted molar refractivity (Wildman–Crippen MR) is 78.3 cm³/mol. The Morgan fingerprint density at radius 2 is 2.00 bits per heavy atom. The molecule has 7 heteroatoms. The van der Waals surface area contributed by atoms with Crippen LogP contribution in [0.1, 0.15) is 24.8 Å². The summed E-state index contributed by atoms with van der Waals surface area (Å²) in [7, 11) is -3.62. The van der Waals surface area contributed by atoms with E-state index in [2.05, 4.69) is 16.6 Å². The van der Waals surface area contributed by atoms with Gasteiger partial charge in [-0.3, -0.25) is 4.72 Å². The second-order valence-corrected chi connectivity index (χ2v) is 6.39. The fraction of sp³-hybridized carbons (Fsp3) is 0.429. The van der Waals surface area contributed by atoms with Crippen molar-refractivity contribution in [3.8, 4) is 11.8 Å². The lowest BCUT2D eigenvalue weighted by atomic mass is 10.2. The van der Waals surface area contributed by atoms with Gasteiger partial charge < -0.3 is 5.11 Å². The number of hydrogen-bond donors (Lipinski definition) is 2. The molecule has 0 aromatic heterocycles. The molecular formula is C14H17FN2O3S. The van der Waals surface area contributed by atoms with Crippen molar-refractivity contribution in [1.82, 2.24) is 4.31 Å². The molecule has 1 aliphatic heterocycles. The first-order chi connectivity index (χ1) is 10.0. The fourth-order valence-corrected chi connectivity index (χ4v) is 3.43. The van der Waals surface area contributed by atoms with Crippen LogP contribution in [-0.4, -0.2) is 37.5 Å². The van der Waals surface area contributed by atoms with Gasteiger partial charge in [0.2, 0.25) is 0 Å². The quantitative estimate of drug-likeness (QED) is 0.827. The summed E-state index contributed by atoms with van der Waals surface area (Å²) >= 11 is 0. The normalized spacial score (nSPS) is 16.1. The number of aliphatic hydroxyl groups is 1. The van der Waals surface area contributed by atoms with Gasteiger partial charge in [-0.25, -0.2) is 4.39 Å². The molecule has 5 nitrogen and oxygen atoms in total. The zero-order valence-corrected chi connectivity index (χ0v) is 12.3. The van der Waals surface area contributed by atoms with Crippen molar-refractivity contribution in [1.29, 1.82) is 0 Å². The molecule has 1 aromatic carbocycles. The number of halogens is 1. The van der Waals surface area contributed by atoms with Gasteiger partial charge in [0.05, 0.1) is 11.3 Å². The number of nitrogens with zero attached hydrogens (tertiary/aromatic N) is 1. The number of piperidine rings is 1. The van der Waals surface area contributed by atoms with E-state index >= 15 is 0 Å². The van der Waals surface area contributed by atoms with Crippen molar-refractivity contribution in [3.05, 3.63) is 29.6 Å². The number of nitrogens with one attached hydrogen (secondary N) is 1. The van der Waals surface area contributed by atoms with Crippen molar-refractivity contribution >= 4 is 15.9 Å². The van der Waals surface area contributed by atoms with Crippen molar-refractivity contribution in [3.63, 3.8) is 0 Å². The molecule has 114 valence electrons. The number of benzene rings is 1. The fourth-order valence-electron chi connectivity index (χ4n) is 2.14. The molecule has 0 radical (unpaired) electrons. The molecule has 0 amide bonds. The number of rotatable bonds is 3. The molecule has 0 spiro atoms. The third kappa shape index (κ3) is 4.17. The Bertz CT molecular complexity index is 659. The van der Waals surface area contributed by atoms with Crippen LogP contribution in [0.15, 0.2) is 18.2 Å². The van der Waals surface area contributed by atoms with Gasteiger partial charge in [0.1, 0.15) is 12.4 Å². The molecule has 1 heterocycles. The standard InChI is InChI=1S/C14H17FN2O3S/c15-14-7-6-13(11-12(14)5-4-10-18)16-21(19,20)17-8-2-1-3-9-17/h6-7,11,16,18H,1-3,8-10H2. The SMILES string of the molecule is O=S(=O)(Nc1ccc(F)c(C#CCO)c1)N1CCCCC1. The Kier molecular flexibility index (Phi) is 5.17. The van der Waals surface area contributed by atoms with E-state index in [0.717, 1.165) is 25.3 Å². The minimum atomic E-state index is -3.62. The Labute approximate surface area is 124 Å². The second-order valence-electron chi connectivity index (χ2n) is 4.72. The summed E-state index contributed by atoms with van der Waals surface area (Å²) in [6.45, 7) is 0.602. The highest BCUT2D eigenvalue weighted by molar-refractivity contribution is 7.90. The van der Waals surface area contributed by atoms with E-state index in [9.17, 15) is 12.8 Å². The summed E-state index contributed by atoms with van der Waals surface area (Å²) in [5.41, 5.74) is 0.298. The van der Waals surface area contributed by atoms with Gasteiger partial charge in [0, 0.05) is 13.1 Å². The molecule has 0 saturated carbocycles. The summed E-state index contributed by atoms with van der Waals surface area (Å²) in [6, 6.07) is 3.82. The van der Waals surface area contributed by atoms with Gasteiger partial charge in [-0.15, -0.1) is 0 Å². The Morgan fingerprint density at radius 3 is 2.67 bits per heavy atom. The van der Waals surface area contributed by atoms with E-state index in [4.69, 9.17) is 5.11 Å². The molecule has 21 heavy (non-hydrogen) atoms. The smallest absolute Gasteiger partial charge is 0.301 e. The average molecular weight is 312 g/mol. The molecule has 1 saturated heterocycles. The third-order valence-electron chi connectivity index (χ3n) is 3.17. The van der Waals surface area contributed by atoms with Gasteiger partial charge in [-0.05, 0) is 31.0 Å². The van der Waals surface area contributed by atoms with E-state index in [0.29, 0.717) is 13.1 Å². The van der Waals surface area contributed by atoms with Crippen molar-refractivity contribution in [2.24, 2.45) is 0 Å². The molecular weight excluding hydrogens is 295 g/mol.